The second kappa shape index (κ2) is 10.6. The van der Waals surface area contributed by atoms with Crippen molar-refractivity contribution in [3.8, 4) is 0 Å². The Balaban J connectivity index is 1.63. The average Bonchev–Trinajstić information content (AvgIpc) is 2.84. The highest BCUT2D eigenvalue weighted by atomic mass is 16.1. The maximum Gasteiger partial charge on any atom is 0.255 e. The summed E-state index contributed by atoms with van der Waals surface area (Å²) in [7, 11) is 1.92. The van der Waals surface area contributed by atoms with E-state index in [1.807, 2.05) is 74.7 Å². The van der Waals surface area contributed by atoms with E-state index in [1.54, 1.807) is 24.4 Å². The van der Waals surface area contributed by atoms with E-state index >= 15 is 0 Å². The van der Waals surface area contributed by atoms with Crippen molar-refractivity contribution in [2.75, 3.05) is 12.4 Å². The molecule has 1 fully saturated rings. The first-order chi connectivity index (χ1) is 16.6. The third kappa shape index (κ3) is 4.70. The van der Waals surface area contributed by atoms with Crippen molar-refractivity contribution in [1.82, 2.24) is 5.32 Å². The Morgan fingerprint density at radius 2 is 1.74 bits per heavy atom. The van der Waals surface area contributed by atoms with Crippen LogP contribution in [0.5, 0.6) is 0 Å². The summed E-state index contributed by atoms with van der Waals surface area (Å²) in [6.45, 7) is 1.91. The second-order valence-electron chi connectivity index (χ2n) is 8.83. The highest BCUT2D eigenvalue weighted by Crippen LogP contribution is 2.42. The van der Waals surface area contributed by atoms with Gasteiger partial charge in [-0.15, -0.1) is 0 Å². The highest BCUT2D eigenvalue weighted by Gasteiger charge is 2.49. The van der Waals surface area contributed by atoms with Gasteiger partial charge >= 0.3 is 0 Å². The molecule has 5 heteroatoms. The first-order valence-corrected chi connectivity index (χ1v) is 11.8. The standard InChI is InChI=1S/C29H31N3O2/c1-21-11-6-7-12-24(21)28(34)32-23-17-15-22(16-18-23)27(33)29(19-9-8-13-25(29)30-2)26-14-5-3-4-10-20-31-26/h3-7,10-12,14-18,20,25,30H,8-9,13,19H2,1-2H3,(H,32,34). The van der Waals surface area contributed by atoms with Gasteiger partial charge in [0, 0.05) is 29.1 Å². The van der Waals surface area contributed by atoms with E-state index in [1.165, 1.54) is 0 Å². The van der Waals surface area contributed by atoms with E-state index in [-0.39, 0.29) is 17.7 Å². The molecule has 0 bridgehead atoms. The van der Waals surface area contributed by atoms with Crippen LogP contribution in [0.4, 0.5) is 5.69 Å². The van der Waals surface area contributed by atoms with Gasteiger partial charge in [0.2, 0.25) is 0 Å². The first kappa shape index (κ1) is 23.6. The molecular weight excluding hydrogens is 422 g/mol. The Hall–Kier alpha value is -3.57. The number of carbonyl (C=O) groups excluding carboxylic acids is 2. The molecule has 34 heavy (non-hydrogen) atoms. The maximum absolute atomic E-state index is 14.1. The number of allylic oxidation sites excluding steroid dienone is 5. The van der Waals surface area contributed by atoms with Gasteiger partial charge in [-0.25, -0.2) is 0 Å². The predicted octanol–water partition coefficient (Wildman–Crippen LogP) is 5.66. The topological polar surface area (TPSA) is 70.6 Å². The third-order valence-corrected chi connectivity index (χ3v) is 6.80. The number of nitrogens with zero attached hydrogens (tertiary/aromatic N) is 1. The Labute approximate surface area is 201 Å². The molecule has 1 aliphatic heterocycles. The molecule has 174 valence electrons. The van der Waals surface area contributed by atoms with Gasteiger partial charge in [-0.05, 0) is 74.9 Å². The van der Waals surface area contributed by atoms with Crippen LogP contribution in [0.15, 0.2) is 90.1 Å². The quantitative estimate of drug-likeness (QED) is 0.555. The predicted molar refractivity (Wildman–Crippen MR) is 139 cm³/mol. The molecule has 2 aromatic rings. The molecule has 4 rings (SSSR count). The SMILES string of the molecule is CNC1CCCCC1(C(=O)c1ccc(NC(=O)c2ccccc2C)cc1)C1=NC=CC=CC=C1. The number of aryl methyl sites for hydroxylation is 1. The number of carbonyl (C=O) groups is 2. The van der Waals surface area contributed by atoms with Crippen LogP contribution >= 0.6 is 0 Å². The Kier molecular flexibility index (Phi) is 7.33. The minimum absolute atomic E-state index is 0.00519. The van der Waals surface area contributed by atoms with Crippen LogP contribution in [-0.4, -0.2) is 30.5 Å². The van der Waals surface area contributed by atoms with E-state index in [9.17, 15) is 9.59 Å². The van der Waals surface area contributed by atoms with Crippen molar-refractivity contribution in [3.05, 3.63) is 102 Å². The summed E-state index contributed by atoms with van der Waals surface area (Å²) in [5.41, 5.74) is 2.87. The molecule has 1 saturated carbocycles. The lowest BCUT2D eigenvalue weighted by Crippen LogP contribution is -2.55. The number of anilines is 1. The number of Topliss-reactive ketones (excluding diaryl/α,β-unsaturated/α-hetero) is 1. The van der Waals surface area contributed by atoms with Crippen molar-refractivity contribution >= 4 is 23.1 Å². The number of hydrogen-bond donors (Lipinski definition) is 2. The van der Waals surface area contributed by atoms with Gasteiger partial charge in [0.05, 0.1) is 11.1 Å². The zero-order valence-corrected chi connectivity index (χ0v) is 19.8. The lowest BCUT2D eigenvalue weighted by molar-refractivity contribution is 0.0776. The lowest BCUT2D eigenvalue weighted by Gasteiger charge is -2.43. The van der Waals surface area contributed by atoms with Crippen LogP contribution < -0.4 is 10.6 Å². The van der Waals surface area contributed by atoms with Crippen LogP contribution in [-0.2, 0) is 0 Å². The monoisotopic (exact) mass is 453 g/mol. The summed E-state index contributed by atoms with van der Waals surface area (Å²) in [5, 5.41) is 6.34. The number of nitrogens with one attached hydrogen (secondary N) is 2. The van der Waals surface area contributed by atoms with Gasteiger partial charge in [0.15, 0.2) is 5.78 Å². The molecule has 2 atom stereocenters. The minimum Gasteiger partial charge on any atom is -0.322 e. The molecule has 2 unspecified atom stereocenters. The Bertz CT molecular complexity index is 1170. The van der Waals surface area contributed by atoms with Crippen LogP contribution in [0.1, 0.15) is 52.0 Å². The number of hydrogen-bond acceptors (Lipinski definition) is 4. The van der Waals surface area contributed by atoms with E-state index in [0.717, 1.165) is 37.0 Å². The minimum atomic E-state index is -0.745. The number of ketones is 1. The van der Waals surface area contributed by atoms with Crippen LogP contribution in [0.2, 0.25) is 0 Å². The fourth-order valence-electron chi connectivity index (χ4n) is 5.00. The summed E-state index contributed by atoms with van der Waals surface area (Å²) in [6.07, 6.45) is 15.1. The molecule has 0 spiro atoms. The molecular formula is C29H31N3O2. The first-order valence-electron chi connectivity index (χ1n) is 11.8. The Morgan fingerprint density at radius 1 is 0.971 bits per heavy atom. The maximum atomic E-state index is 14.1. The second-order valence-corrected chi connectivity index (χ2v) is 8.83. The van der Waals surface area contributed by atoms with Crippen LogP contribution in [0.25, 0.3) is 0 Å². The van der Waals surface area contributed by atoms with Crippen molar-refractivity contribution < 1.29 is 9.59 Å². The van der Waals surface area contributed by atoms with Gasteiger partial charge in [0.25, 0.3) is 5.91 Å². The molecule has 0 saturated heterocycles. The Morgan fingerprint density at radius 3 is 2.50 bits per heavy atom. The molecule has 1 amide bonds. The smallest absolute Gasteiger partial charge is 0.255 e. The van der Waals surface area contributed by atoms with Gasteiger partial charge in [-0.1, -0.05) is 49.3 Å². The fraction of sp³-hybridized carbons (Fsp3) is 0.276. The molecule has 2 aliphatic rings. The van der Waals surface area contributed by atoms with Crippen LogP contribution in [0.3, 0.4) is 0 Å². The van der Waals surface area contributed by atoms with Crippen molar-refractivity contribution in [3.63, 3.8) is 0 Å². The molecule has 0 aromatic heterocycles. The number of aliphatic imine (C=N–C) groups is 1. The molecule has 5 nitrogen and oxygen atoms in total. The molecule has 2 aromatic carbocycles. The zero-order chi connectivity index (χ0) is 24.0. The average molecular weight is 454 g/mol. The van der Waals surface area contributed by atoms with Crippen molar-refractivity contribution in [2.24, 2.45) is 10.4 Å². The van der Waals surface area contributed by atoms with E-state index in [4.69, 9.17) is 4.99 Å². The molecule has 2 N–H and O–H groups in total. The van der Waals surface area contributed by atoms with Gasteiger partial charge in [0.1, 0.15) is 0 Å². The number of benzene rings is 2. The van der Waals surface area contributed by atoms with Crippen molar-refractivity contribution in [2.45, 2.75) is 38.6 Å². The summed E-state index contributed by atoms with van der Waals surface area (Å²) >= 11 is 0. The largest absolute Gasteiger partial charge is 0.322 e. The molecule has 0 radical (unpaired) electrons. The number of amides is 1. The summed E-state index contributed by atoms with van der Waals surface area (Å²) in [4.78, 5) is 31.5. The van der Waals surface area contributed by atoms with E-state index < -0.39 is 5.41 Å². The molecule has 1 aliphatic carbocycles. The normalized spacial score (nSPS) is 21.9. The molecule has 1 heterocycles. The zero-order valence-electron chi connectivity index (χ0n) is 19.8. The summed E-state index contributed by atoms with van der Waals surface area (Å²) in [6, 6.07) is 14.7. The van der Waals surface area contributed by atoms with Gasteiger partial charge in [-0.3, -0.25) is 14.6 Å². The highest BCUT2D eigenvalue weighted by molar-refractivity contribution is 6.21. The lowest BCUT2D eigenvalue weighted by atomic mass is 9.63. The fourth-order valence-corrected chi connectivity index (χ4v) is 5.00. The van der Waals surface area contributed by atoms with E-state index in [0.29, 0.717) is 16.8 Å². The summed E-state index contributed by atoms with van der Waals surface area (Å²) < 4.78 is 0. The van der Waals surface area contributed by atoms with Crippen LogP contribution in [0, 0.1) is 12.3 Å². The van der Waals surface area contributed by atoms with Crippen molar-refractivity contribution in [1.29, 1.82) is 0 Å². The third-order valence-electron chi connectivity index (χ3n) is 6.80. The van der Waals surface area contributed by atoms with Gasteiger partial charge < -0.3 is 10.6 Å². The number of rotatable bonds is 6. The summed E-state index contributed by atoms with van der Waals surface area (Å²) in [5.74, 6) is -0.102. The van der Waals surface area contributed by atoms with Gasteiger partial charge in [-0.2, -0.15) is 0 Å². The van der Waals surface area contributed by atoms with E-state index in [2.05, 4.69) is 10.6 Å².